The van der Waals surface area contributed by atoms with Gasteiger partial charge in [0.1, 0.15) is 5.69 Å². The van der Waals surface area contributed by atoms with E-state index in [0.717, 1.165) is 12.1 Å². The Bertz CT molecular complexity index is 790. The average Bonchev–Trinajstić information content (AvgIpc) is 2.81. The Morgan fingerprint density at radius 3 is 2.20 bits per heavy atom. The summed E-state index contributed by atoms with van der Waals surface area (Å²) >= 11 is 0. The highest BCUT2D eigenvalue weighted by Gasteiger charge is 2.29. The fourth-order valence-electron chi connectivity index (χ4n) is 2.77. The molecular formula is C18H19F3N2O2. The second-order valence-corrected chi connectivity index (χ2v) is 5.88. The van der Waals surface area contributed by atoms with Crippen molar-refractivity contribution in [3.8, 4) is 0 Å². The first-order valence-corrected chi connectivity index (χ1v) is 7.75. The lowest BCUT2D eigenvalue weighted by atomic mass is 10.1. The van der Waals surface area contributed by atoms with Crippen molar-refractivity contribution in [1.82, 2.24) is 10.3 Å². The second-order valence-electron chi connectivity index (χ2n) is 5.88. The topological polar surface area (TPSA) is 62.0 Å². The smallest absolute Gasteiger partial charge is 0.354 e. The fraction of sp³-hybridized carbons (Fsp3) is 0.333. The lowest BCUT2D eigenvalue weighted by Crippen LogP contribution is -2.26. The van der Waals surface area contributed by atoms with Gasteiger partial charge in [0.25, 0.3) is 5.91 Å². The fourth-order valence-corrected chi connectivity index (χ4v) is 2.77. The Kier molecular flexibility index (Phi) is 5.35. The van der Waals surface area contributed by atoms with Crippen LogP contribution >= 0.6 is 0 Å². The molecule has 0 aliphatic heterocycles. The number of ketones is 1. The molecule has 0 spiro atoms. The number of aromatic nitrogens is 1. The molecule has 4 nitrogen and oxygen atoms in total. The Hall–Kier alpha value is -2.57. The highest BCUT2D eigenvalue weighted by atomic mass is 19.4. The maximum atomic E-state index is 12.5. The van der Waals surface area contributed by atoms with E-state index in [1.54, 1.807) is 13.8 Å². The van der Waals surface area contributed by atoms with Crippen LogP contribution < -0.4 is 5.32 Å². The van der Waals surface area contributed by atoms with Crippen molar-refractivity contribution >= 4 is 11.7 Å². The SMILES string of the molecule is CC(=O)c1c(C)[nH]c(C(=O)NCCc2ccc(C(F)(F)F)cc2)c1C. The Morgan fingerprint density at radius 2 is 1.72 bits per heavy atom. The van der Waals surface area contributed by atoms with Crippen LogP contribution in [0.2, 0.25) is 0 Å². The minimum absolute atomic E-state index is 0.116. The van der Waals surface area contributed by atoms with E-state index in [4.69, 9.17) is 0 Å². The summed E-state index contributed by atoms with van der Waals surface area (Å²) in [4.78, 5) is 26.7. The number of carbonyl (C=O) groups is 2. The Labute approximate surface area is 143 Å². The van der Waals surface area contributed by atoms with Crippen LogP contribution in [0.3, 0.4) is 0 Å². The van der Waals surface area contributed by atoms with Crippen molar-refractivity contribution in [1.29, 1.82) is 0 Å². The molecule has 0 radical (unpaired) electrons. The predicted molar refractivity (Wildman–Crippen MR) is 87.8 cm³/mol. The molecule has 0 aliphatic rings. The number of carbonyl (C=O) groups excluding carboxylic acids is 2. The summed E-state index contributed by atoms with van der Waals surface area (Å²) in [5.41, 5.74) is 2.06. The standard InChI is InChI=1S/C18H19F3N2O2/c1-10-15(12(3)24)11(2)23-16(10)17(25)22-9-8-13-4-6-14(7-5-13)18(19,20)21/h4-7,23H,8-9H2,1-3H3,(H,22,25). The van der Waals surface area contributed by atoms with E-state index in [0.29, 0.717) is 34.5 Å². The molecule has 0 saturated carbocycles. The molecule has 0 atom stereocenters. The van der Waals surface area contributed by atoms with Crippen molar-refractivity contribution in [3.63, 3.8) is 0 Å². The summed E-state index contributed by atoms with van der Waals surface area (Å²) in [5.74, 6) is -0.463. The molecule has 1 heterocycles. The maximum absolute atomic E-state index is 12.5. The number of benzene rings is 1. The quantitative estimate of drug-likeness (QED) is 0.804. The molecule has 0 fully saturated rings. The number of amides is 1. The molecule has 1 aromatic heterocycles. The highest BCUT2D eigenvalue weighted by molar-refractivity contribution is 6.02. The number of nitrogens with one attached hydrogen (secondary N) is 2. The van der Waals surface area contributed by atoms with Crippen LogP contribution in [0.15, 0.2) is 24.3 Å². The van der Waals surface area contributed by atoms with Crippen molar-refractivity contribution in [2.75, 3.05) is 6.54 Å². The average molecular weight is 352 g/mol. The maximum Gasteiger partial charge on any atom is 0.416 e. The molecule has 0 unspecified atom stereocenters. The molecule has 2 N–H and O–H groups in total. The summed E-state index contributed by atoms with van der Waals surface area (Å²) in [6, 6.07) is 4.84. The van der Waals surface area contributed by atoms with Crippen molar-refractivity contribution in [2.24, 2.45) is 0 Å². The summed E-state index contributed by atoms with van der Waals surface area (Å²) in [6.07, 6.45) is -3.95. The first-order chi connectivity index (χ1) is 11.6. The minimum Gasteiger partial charge on any atom is -0.354 e. The van der Waals surface area contributed by atoms with Crippen LogP contribution in [0.25, 0.3) is 0 Å². The van der Waals surface area contributed by atoms with Gasteiger partial charge in [-0.2, -0.15) is 13.2 Å². The third kappa shape index (κ3) is 4.29. The van der Waals surface area contributed by atoms with Gasteiger partial charge in [-0.3, -0.25) is 9.59 Å². The van der Waals surface area contributed by atoms with E-state index in [1.807, 2.05) is 0 Å². The molecule has 0 aliphatic carbocycles. The largest absolute Gasteiger partial charge is 0.416 e. The minimum atomic E-state index is -4.36. The highest BCUT2D eigenvalue weighted by Crippen LogP contribution is 2.29. The number of halogens is 3. The van der Waals surface area contributed by atoms with Crippen LogP contribution in [0.4, 0.5) is 13.2 Å². The first kappa shape index (κ1) is 18.8. The summed E-state index contributed by atoms with van der Waals surface area (Å²) in [6.45, 7) is 5.14. The van der Waals surface area contributed by atoms with Gasteiger partial charge in [0.15, 0.2) is 5.78 Å². The van der Waals surface area contributed by atoms with Gasteiger partial charge in [-0.05, 0) is 50.5 Å². The van der Waals surface area contributed by atoms with Crippen LogP contribution in [0.5, 0.6) is 0 Å². The number of Topliss-reactive ketones (excluding diaryl/α,β-unsaturated/α-hetero) is 1. The van der Waals surface area contributed by atoms with E-state index in [1.165, 1.54) is 19.1 Å². The van der Waals surface area contributed by atoms with E-state index in [2.05, 4.69) is 10.3 Å². The van der Waals surface area contributed by atoms with Gasteiger partial charge in [0.2, 0.25) is 0 Å². The zero-order valence-corrected chi connectivity index (χ0v) is 14.2. The number of alkyl halides is 3. The molecule has 134 valence electrons. The van der Waals surface area contributed by atoms with Crippen LogP contribution in [-0.2, 0) is 12.6 Å². The summed E-state index contributed by atoms with van der Waals surface area (Å²) < 4.78 is 37.5. The lowest BCUT2D eigenvalue weighted by molar-refractivity contribution is -0.137. The molecule has 0 bridgehead atoms. The monoisotopic (exact) mass is 352 g/mol. The van der Waals surface area contributed by atoms with Gasteiger partial charge in [-0.25, -0.2) is 0 Å². The van der Waals surface area contributed by atoms with E-state index in [-0.39, 0.29) is 18.2 Å². The number of H-pyrrole nitrogens is 1. The lowest BCUT2D eigenvalue weighted by Gasteiger charge is -2.08. The predicted octanol–water partition coefficient (Wildman–Crippen LogP) is 3.83. The third-order valence-corrected chi connectivity index (χ3v) is 4.00. The van der Waals surface area contributed by atoms with E-state index in [9.17, 15) is 22.8 Å². The van der Waals surface area contributed by atoms with Crippen molar-refractivity contribution in [2.45, 2.75) is 33.4 Å². The molecule has 2 aromatic rings. The summed E-state index contributed by atoms with van der Waals surface area (Å²) in [7, 11) is 0. The van der Waals surface area contributed by atoms with Gasteiger partial charge in [-0.15, -0.1) is 0 Å². The molecule has 1 amide bonds. The van der Waals surface area contributed by atoms with Crippen LogP contribution in [0, 0.1) is 13.8 Å². The number of aromatic amines is 1. The molecule has 1 aromatic carbocycles. The summed E-state index contributed by atoms with van der Waals surface area (Å²) in [5, 5.41) is 2.71. The van der Waals surface area contributed by atoms with Gasteiger partial charge < -0.3 is 10.3 Å². The molecule has 7 heteroatoms. The van der Waals surface area contributed by atoms with Gasteiger partial charge in [-0.1, -0.05) is 12.1 Å². The Morgan fingerprint density at radius 1 is 1.12 bits per heavy atom. The van der Waals surface area contributed by atoms with Crippen LogP contribution in [-0.4, -0.2) is 23.2 Å². The zero-order chi connectivity index (χ0) is 18.8. The number of hydrogen-bond acceptors (Lipinski definition) is 2. The van der Waals surface area contributed by atoms with E-state index >= 15 is 0 Å². The molecule has 2 rings (SSSR count). The molecular weight excluding hydrogens is 333 g/mol. The first-order valence-electron chi connectivity index (χ1n) is 7.75. The third-order valence-electron chi connectivity index (χ3n) is 4.00. The van der Waals surface area contributed by atoms with Gasteiger partial charge in [0, 0.05) is 17.8 Å². The number of rotatable bonds is 5. The van der Waals surface area contributed by atoms with Gasteiger partial charge >= 0.3 is 6.18 Å². The Balaban J connectivity index is 1.97. The normalized spacial score (nSPS) is 11.4. The van der Waals surface area contributed by atoms with Crippen molar-refractivity contribution in [3.05, 3.63) is 57.9 Å². The number of aryl methyl sites for hydroxylation is 1. The number of hydrogen-bond donors (Lipinski definition) is 2. The molecule has 0 saturated heterocycles. The van der Waals surface area contributed by atoms with E-state index < -0.39 is 11.7 Å². The van der Waals surface area contributed by atoms with Crippen molar-refractivity contribution < 1.29 is 22.8 Å². The van der Waals surface area contributed by atoms with Crippen LogP contribution in [0.1, 0.15) is 50.2 Å². The second kappa shape index (κ2) is 7.13. The van der Waals surface area contributed by atoms with Gasteiger partial charge in [0.05, 0.1) is 5.56 Å². The molecule has 25 heavy (non-hydrogen) atoms. The zero-order valence-electron chi connectivity index (χ0n) is 14.2.